The Morgan fingerprint density at radius 1 is 1.32 bits per heavy atom. The molecule has 1 fully saturated rings. The molecule has 1 unspecified atom stereocenters. The van der Waals surface area contributed by atoms with Gasteiger partial charge in [0.15, 0.2) is 0 Å². The van der Waals surface area contributed by atoms with Crippen LogP contribution < -0.4 is 20.1 Å². The van der Waals surface area contributed by atoms with Crippen LogP contribution in [0.15, 0.2) is 18.2 Å². The largest absolute Gasteiger partial charge is 0.497 e. The third kappa shape index (κ3) is 4.11. The van der Waals surface area contributed by atoms with Gasteiger partial charge in [0.1, 0.15) is 11.5 Å². The van der Waals surface area contributed by atoms with Crippen LogP contribution in [0.1, 0.15) is 18.4 Å². The highest BCUT2D eigenvalue weighted by atomic mass is 16.5. The Morgan fingerprint density at radius 2 is 2.21 bits per heavy atom. The lowest BCUT2D eigenvalue weighted by molar-refractivity contribution is 0.389. The number of hydrogen-bond donors (Lipinski definition) is 2. The van der Waals surface area contributed by atoms with E-state index >= 15 is 0 Å². The third-order valence-electron chi connectivity index (χ3n) is 3.70. The fourth-order valence-electron chi connectivity index (χ4n) is 2.49. The van der Waals surface area contributed by atoms with E-state index in [0.717, 1.165) is 30.5 Å². The Labute approximate surface area is 115 Å². The van der Waals surface area contributed by atoms with Gasteiger partial charge in [-0.25, -0.2) is 0 Å². The molecule has 0 radical (unpaired) electrons. The molecule has 0 bridgehead atoms. The molecule has 1 aliphatic rings. The van der Waals surface area contributed by atoms with Gasteiger partial charge in [0, 0.05) is 18.2 Å². The summed E-state index contributed by atoms with van der Waals surface area (Å²) in [6, 6.07) is 5.96. The van der Waals surface area contributed by atoms with Crippen LogP contribution in [-0.2, 0) is 6.54 Å². The molecule has 1 heterocycles. The molecule has 2 rings (SSSR count). The number of nitrogens with one attached hydrogen (secondary N) is 2. The Bertz CT molecular complexity index is 390. The monoisotopic (exact) mass is 264 g/mol. The Morgan fingerprint density at radius 3 is 2.89 bits per heavy atom. The standard InChI is InChI=1S/C15H24N2O2/c1-18-14-4-3-13(15(9-14)19-2)11-17-8-6-12-5-7-16-10-12/h3-4,9,12,16-17H,5-8,10-11H2,1-2H3. The Kier molecular flexibility index (Phi) is 5.48. The molecule has 1 aliphatic heterocycles. The molecule has 106 valence electrons. The molecule has 1 aromatic carbocycles. The molecule has 2 N–H and O–H groups in total. The van der Waals surface area contributed by atoms with Crippen LogP contribution in [0.3, 0.4) is 0 Å². The van der Waals surface area contributed by atoms with Gasteiger partial charge in [-0.05, 0) is 44.5 Å². The van der Waals surface area contributed by atoms with Crippen molar-refractivity contribution in [1.29, 1.82) is 0 Å². The van der Waals surface area contributed by atoms with E-state index in [2.05, 4.69) is 16.7 Å². The van der Waals surface area contributed by atoms with Crippen molar-refractivity contribution >= 4 is 0 Å². The molecular weight excluding hydrogens is 240 g/mol. The zero-order valence-corrected chi connectivity index (χ0v) is 11.9. The first-order valence-electron chi connectivity index (χ1n) is 6.96. The van der Waals surface area contributed by atoms with Crippen LogP contribution in [0.4, 0.5) is 0 Å². The normalized spacial score (nSPS) is 18.5. The van der Waals surface area contributed by atoms with Gasteiger partial charge in [-0.3, -0.25) is 0 Å². The van der Waals surface area contributed by atoms with Crippen molar-refractivity contribution in [2.45, 2.75) is 19.4 Å². The van der Waals surface area contributed by atoms with E-state index in [1.54, 1.807) is 14.2 Å². The van der Waals surface area contributed by atoms with Crippen molar-refractivity contribution in [2.24, 2.45) is 5.92 Å². The lowest BCUT2D eigenvalue weighted by atomic mass is 10.1. The van der Waals surface area contributed by atoms with Crippen LogP contribution in [0.2, 0.25) is 0 Å². The average Bonchev–Trinajstić information content (AvgIpc) is 2.96. The quantitative estimate of drug-likeness (QED) is 0.737. The third-order valence-corrected chi connectivity index (χ3v) is 3.70. The minimum atomic E-state index is 0.831. The zero-order chi connectivity index (χ0) is 13.5. The number of benzene rings is 1. The minimum absolute atomic E-state index is 0.831. The molecular formula is C15H24N2O2. The van der Waals surface area contributed by atoms with Crippen molar-refractivity contribution in [3.8, 4) is 11.5 Å². The van der Waals surface area contributed by atoms with Gasteiger partial charge < -0.3 is 20.1 Å². The van der Waals surface area contributed by atoms with Crippen LogP contribution in [0, 0.1) is 5.92 Å². The first kappa shape index (κ1) is 14.2. The number of hydrogen-bond acceptors (Lipinski definition) is 4. The molecule has 0 spiro atoms. The molecule has 0 aliphatic carbocycles. The second-order valence-electron chi connectivity index (χ2n) is 5.00. The van der Waals surface area contributed by atoms with Crippen LogP contribution in [-0.4, -0.2) is 33.9 Å². The lowest BCUT2D eigenvalue weighted by Crippen LogP contribution is -2.19. The predicted octanol–water partition coefficient (Wildman–Crippen LogP) is 1.79. The Hall–Kier alpha value is -1.26. The molecule has 1 atom stereocenters. The molecule has 4 heteroatoms. The van der Waals surface area contributed by atoms with Gasteiger partial charge >= 0.3 is 0 Å². The van der Waals surface area contributed by atoms with Crippen LogP contribution >= 0.6 is 0 Å². The summed E-state index contributed by atoms with van der Waals surface area (Å²) in [5.41, 5.74) is 1.17. The summed E-state index contributed by atoms with van der Waals surface area (Å²) >= 11 is 0. The summed E-state index contributed by atoms with van der Waals surface area (Å²) in [5, 5.41) is 6.89. The number of ether oxygens (including phenoxy) is 2. The summed E-state index contributed by atoms with van der Waals surface area (Å²) in [6.45, 7) is 4.25. The van der Waals surface area contributed by atoms with Crippen molar-refractivity contribution in [3.63, 3.8) is 0 Å². The number of methoxy groups -OCH3 is 2. The fraction of sp³-hybridized carbons (Fsp3) is 0.600. The average molecular weight is 264 g/mol. The molecule has 0 amide bonds. The Balaban J connectivity index is 1.78. The summed E-state index contributed by atoms with van der Waals surface area (Å²) < 4.78 is 10.6. The molecule has 0 saturated carbocycles. The van der Waals surface area contributed by atoms with Gasteiger partial charge in [-0.15, -0.1) is 0 Å². The van der Waals surface area contributed by atoms with Crippen LogP contribution in [0.5, 0.6) is 11.5 Å². The highest BCUT2D eigenvalue weighted by molar-refractivity contribution is 5.40. The number of rotatable bonds is 7. The molecule has 1 aromatic rings. The molecule has 19 heavy (non-hydrogen) atoms. The van der Waals surface area contributed by atoms with E-state index in [1.165, 1.54) is 31.5 Å². The lowest BCUT2D eigenvalue weighted by Gasteiger charge is -2.12. The maximum absolute atomic E-state index is 5.39. The minimum Gasteiger partial charge on any atom is -0.497 e. The molecule has 0 aromatic heterocycles. The summed E-state index contributed by atoms with van der Waals surface area (Å²) in [4.78, 5) is 0. The highest BCUT2D eigenvalue weighted by Gasteiger charge is 2.13. The highest BCUT2D eigenvalue weighted by Crippen LogP contribution is 2.24. The van der Waals surface area contributed by atoms with Crippen molar-refractivity contribution in [1.82, 2.24) is 10.6 Å². The van der Waals surface area contributed by atoms with E-state index in [-0.39, 0.29) is 0 Å². The van der Waals surface area contributed by atoms with E-state index in [1.807, 2.05) is 12.1 Å². The SMILES string of the molecule is COc1ccc(CNCCC2CCNC2)c(OC)c1. The fourth-order valence-corrected chi connectivity index (χ4v) is 2.49. The topological polar surface area (TPSA) is 42.5 Å². The van der Waals surface area contributed by atoms with Gasteiger partial charge in [0.05, 0.1) is 14.2 Å². The second kappa shape index (κ2) is 7.36. The predicted molar refractivity (Wildman–Crippen MR) is 76.8 cm³/mol. The van der Waals surface area contributed by atoms with Gasteiger partial charge in [-0.2, -0.15) is 0 Å². The zero-order valence-electron chi connectivity index (χ0n) is 11.9. The van der Waals surface area contributed by atoms with Gasteiger partial charge in [0.25, 0.3) is 0 Å². The maximum Gasteiger partial charge on any atom is 0.127 e. The molecule has 4 nitrogen and oxygen atoms in total. The van der Waals surface area contributed by atoms with Gasteiger partial charge in [-0.1, -0.05) is 6.07 Å². The second-order valence-corrected chi connectivity index (χ2v) is 5.00. The molecule has 1 saturated heterocycles. The van der Waals surface area contributed by atoms with Crippen molar-refractivity contribution in [3.05, 3.63) is 23.8 Å². The van der Waals surface area contributed by atoms with E-state index in [9.17, 15) is 0 Å². The van der Waals surface area contributed by atoms with E-state index < -0.39 is 0 Å². The summed E-state index contributed by atoms with van der Waals surface area (Å²) in [7, 11) is 3.37. The van der Waals surface area contributed by atoms with Crippen molar-refractivity contribution in [2.75, 3.05) is 33.9 Å². The summed E-state index contributed by atoms with van der Waals surface area (Å²) in [6.07, 6.45) is 2.55. The first-order chi connectivity index (χ1) is 9.33. The first-order valence-corrected chi connectivity index (χ1v) is 6.96. The smallest absolute Gasteiger partial charge is 0.127 e. The van der Waals surface area contributed by atoms with Crippen LogP contribution in [0.25, 0.3) is 0 Å². The maximum atomic E-state index is 5.39. The summed E-state index contributed by atoms with van der Waals surface area (Å²) in [5.74, 6) is 2.55. The van der Waals surface area contributed by atoms with Crippen molar-refractivity contribution < 1.29 is 9.47 Å². The van der Waals surface area contributed by atoms with E-state index in [4.69, 9.17) is 9.47 Å². The van der Waals surface area contributed by atoms with Gasteiger partial charge in [0.2, 0.25) is 0 Å². The van der Waals surface area contributed by atoms with E-state index in [0.29, 0.717) is 0 Å².